The van der Waals surface area contributed by atoms with Crippen LogP contribution in [0.1, 0.15) is 54.0 Å². The van der Waals surface area contributed by atoms with Gasteiger partial charge in [0.05, 0.1) is 51.6 Å². The molecule has 5 rings (SSSR count). The maximum Gasteiger partial charge on any atom is 0.257 e. The molecule has 0 aliphatic carbocycles. The summed E-state index contributed by atoms with van der Waals surface area (Å²) in [6.45, 7) is 6.46. The Hall–Kier alpha value is -3.60. The largest absolute Gasteiger partial charge is 0.507 e. The number of aliphatic hydroxyl groups excluding tert-OH is 3. The second-order valence-corrected chi connectivity index (χ2v) is 11.5. The third-order valence-electron chi connectivity index (χ3n) is 7.46. The van der Waals surface area contributed by atoms with Gasteiger partial charge in [-0.3, -0.25) is 4.79 Å². The first-order valence-electron chi connectivity index (χ1n) is 13.7. The van der Waals surface area contributed by atoms with Gasteiger partial charge in [-0.2, -0.15) is 5.26 Å². The number of aliphatic hydroxyl groups is 3. The van der Waals surface area contributed by atoms with Gasteiger partial charge < -0.3 is 35.0 Å². The molecule has 12 heteroatoms. The van der Waals surface area contributed by atoms with E-state index in [-0.39, 0.29) is 58.7 Å². The Labute approximate surface area is 251 Å². The number of nitrogens with zero attached hydrogens (tertiary/aromatic N) is 5. The van der Waals surface area contributed by atoms with Gasteiger partial charge in [0.15, 0.2) is 6.23 Å². The van der Waals surface area contributed by atoms with Crippen LogP contribution >= 0.6 is 15.9 Å². The molecule has 42 heavy (non-hydrogen) atoms. The zero-order valence-corrected chi connectivity index (χ0v) is 25.0. The minimum Gasteiger partial charge on any atom is -0.507 e. The van der Waals surface area contributed by atoms with Gasteiger partial charge in [0.1, 0.15) is 17.5 Å². The summed E-state index contributed by atoms with van der Waals surface area (Å²) in [5.41, 5.74) is 2.58. The summed E-state index contributed by atoms with van der Waals surface area (Å²) < 4.78 is 5.81. The van der Waals surface area contributed by atoms with Crippen LogP contribution in [-0.4, -0.2) is 75.8 Å². The van der Waals surface area contributed by atoms with Crippen molar-refractivity contribution in [1.82, 2.24) is 4.90 Å². The number of carbonyl (C=O) groups is 1. The lowest BCUT2D eigenvalue weighted by molar-refractivity contribution is 0.00804. The van der Waals surface area contributed by atoms with Crippen LogP contribution in [-0.2, 0) is 11.2 Å². The highest BCUT2D eigenvalue weighted by molar-refractivity contribution is 9.10. The first kappa shape index (κ1) is 29.9. The van der Waals surface area contributed by atoms with Gasteiger partial charge in [0.2, 0.25) is 0 Å². The van der Waals surface area contributed by atoms with E-state index in [0.717, 1.165) is 11.3 Å². The number of aromatic hydroxyl groups is 1. The molecule has 1 amide bonds. The van der Waals surface area contributed by atoms with Crippen molar-refractivity contribution in [3.63, 3.8) is 0 Å². The smallest absolute Gasteiger partial charge is 0.257 e. The molecule has 2 aliphatic rings. The van der Waals surface area contributed by atoms with Crippen LogP contribution in [0.4, 0.5) is 17.1 Å². The lowest BCUT2D eigenvalue weighted by Crippen LogP contribution is -2.44. The molecule has 0 saturated heterocycles. The van der Waals surface area contributed by atoms with Crippen LogP contribution in [0.15, 0.2) is 45.0 Å². The van der Waals surface area contributed by atoms with Gasteiger partial charge in [0, 0.05) is 42.7 Å². The lowest BCUT2D eigenvalue weighted by Gasteiger charge is -2.36. The Balaban J connectivity index is 1.60. The topological polar surface area (TPSA) is 162 Å². The monoisotopic (exact) mass is 637 g/mol. The SMILES string of the molecule is CCN1C(=O)c2c(cc(C#N)c(/N=N/c3cc4c(c5cccc(O)c35)N(CC(O)COC(C)C)CC(O)C4)c2Br)C1O. The van der Waals surface area contributed by atoms with Gasteiger partial charge in [-0.05, 0) is 60.5 Å². The van der Waals surface area contributed by atoms with Crippen LogP contribution in [0, 0.1) is 11.3 Å². The highest BCUT2D eigenvalue weighted by atomic mass is 79.9. The Morgan fingerprint density at radius 3 is 2.69 bits per heavy atom. The van der Waals surface area contributed by atoms with Crippen LogP contribution in [0.2, 0.25) is 0 Å². The molecule has 2 heterocycles. The van der Waals surface area contributed by atoms with Crippen molar-refractivity contribution in [2.24, 2.45) is 10.2 Å². The third kappa shape index (κ3) is 5.34. The molecule has 220 valence electrons. The summed E-state index contributed by atoms with van der Waals surface area (Å²) in [5, 5.41) is 62.7. The van der Waals surface area contributed by atoms with Crippen molar-refractivity contribution in [3.8, 4) is 11.8 Å². The number of anilines is 1. The fourth-order valence-corrected chi connectivity index (χ4v) is 6.33. The summed E-state index contributed by atoms with van der Waals surface area (Å²) >= 11 is 3.42. The minimum absolute atomic E-state index is 0.0365. The molecule has 3 aromatic carbocycles. The van der Waals surface area contributed by atoms with E-state index < -0.39 is 18.4 Å². The normalized spacial score (nSPS) is 19.1. The molecular weight excluding hydrogens is 606 g/mol. The number of fused-ring (bicyclic) bond motifs is 4. The average molecular weight is 639 g/mol. The highest BCUT2D eigenvalue weighted by Gasteiger charge is 2.38. The summed E-state index contributed by atoms with van der Waals surface area (Å²) in [6, 6.07) is 10.3. The number of benzene rings is 3. The second-order valence-electron chi connectivity index (χ2n) is 10.7. The van der Waals surface area contributed by atoms with Gasteiger partial charge in [-0.15, -0.1) is 10.2 Å². The summed E-state index contributed by atoms with van der Waals surface area (Å²) in [4.78, 5) is 16.1. The highest BCUT2D eigenvalue weighted by Crippen LogP contribution is 2.46. The van der Waals surface area contributed by atoms with Crippen molar-refractivity contribution in [2.75, 3.05) is 31.1 Å². The van der Waals surface area contributed by atoms with E-state index in [1.54, 1.807) is 19.1 Å². The fraction of sp³-hybridized carbons (Fsp3) is 0.400. The van der Waals surface area contributed by atoms with E-state index in [1.165, 1.54) is 17.0 Å². The van der Waals surface area contributed by atoms with Crippen LogP contribution in [0.25, 0.3) is 10.8 Å². The molecule has 11 nitrogen and oxygen atoms in total. The number of halogens is 1. The van der Waals surface area contributed by atoms with Gasteiger partial charge in [0.25, 0.3) is 5.91 Å². The molecule has 0 spiro atoms. The second kappa shape index (κ2) is 11.9. The van der Waals surface area contributed by atoms with Crippen LogP contribution < -0.4 is 4.90 Å². The predicted molar refractivity (Wildman–Crippen MR) is 159 cm³/mol. The van der Waals surface area contributed by atoms with Gasteiger partial charge in [-0.1, -0.05) is 12.1 Å². The van der Waals surface area contributed by atoms with E-state index in [4.69, 9.17) is 4.74 Å². The average Bonchev–Trinajstić information content (AvgIpc) is 3.19. The van der Waals surface area contributed by atoms with Crippen LogP contribution in [0.3, 0.4) is 0 Å². The lowest BCUT2D eigenvalue weighted by atomic mass is 9.93. The molecule has 0 radical (unpaired) electrons. The maximum atomic E-state index is 13.0. The molecule has 0 saturated carbocycles. The molecule has 3 atom stereocenters. The first-order chi connectivity index (χ1) is 20.0. The Kier molecular flexibility index (Phi) is 8.50. The van der Waals surface area contributed by atoms with E-state index in [2.05, 4.69) is 32.2 Å². The zero-order chi connectivity index (χ0) is 30.3. The van der Waals surface area contributed by atoms with Crippen molar-refractivity contribution in [2.45, 2.75) is 51.7 Å². The summed E-state index contributed by atoms with van der Waals surface area (Å²) in [6.07, 6.45) is -2.39. The van der Waals surface area contributed by atoms with E-state index in [0.29, 0.717) is 35.0 Å². The standard InChI is InChI=1S/C30H32BrN5O6/c1-4-36-29(40)21-9-17(11-32)27(26(31)25(21)30(36)41)34-33-22-10-16-8-18(37)12-35(13-19(38)14-42-15(2)3)28(16)20-6-5-7-23(39)24(20)22/h5-7,9-10,15,18-19,29,37-40H,4,8,12-14H2,1-3H3/b34-33+. The molecule has 4 N–H and O–H groups in total. The minimum atomic E-state index is -1.17. The number of hydrogen-bond donors (Lipinski definition) is 4. The molecule has 0 bridgehead atoms. The molecule has 0 aromatic heterocycles. The number of nitriles is 1. The van der Waals surface area contributed by atoms with Crippen molar-refractivity contribution < 1.29 is 30.0 Å². The summed E-state index contributed by atoms with van der Waals surface area (Å²) in [5.74, 6) is -0.427. The first-order valence-corrected chi connectivity index (χ1v) is 14.5. The van der Waals surface area contributed by atoms with E-state index >= 15 is 0 Å². The number of β-amino-alcohol motifs (C(OH)–C–C–N with tert-alkyl or cyclic N) is 2. The number of carbonyl (C=O) groups excluding carboxylic acids is 1. The number of phenols is 1. The summed E-state index contributed by atoms with van der Waals surface area (Å²) in [7, 11) is 0. The van der Waals surface area contributed by atoms with Crippen molar-refractivity contribution in [3.05, 3.63) is 57.1 Å². The predicted octanol–water partition coefficient (Wildman–Crippen LogP) is 4.57. The van der Waals surface area contributed by atoms with Gasteiger partial charge in [-0.25, -0.2) is 0 Å². The molecule has 3 aromatic rings. The number of amides is 1. The third-order valence-corrected chi connectivity index (χ3v) is 8.23. The zero-order valence-electron chi connectivity index (χ0n) is 23.5. The Morgan fingerprint density at radius 1 is 1.24 bits per heavy atom. The Bertz CT molecular complexity index is 1620. The van der Waals surface area contributed by atoms with Crippen molar-refractivity contribution in [1.29, 1.82) is 5.26 Å². The van der Waals surface area contributed by atoms with Gasteiger partial charge >= 0.3 is 0 Å². The Morgan fingerprint density at radius 2 is 2.00 bits per heavy atom. The van der Waals surface area contributed by atoms with Crippen LogP contribution in [0.5, 0.6) is 5.75 Å². The molecule has 0 fully saturated rings. The molecular formula is C30H32BrN5O6. The number of ether oxygens (including phenoxy) is 1. The number of azo groups is 1. The maximum absolute atomic E-state index is 13.0. The number of hydrogen-bond acceptors (Lipinski definition) is 10. The number of rotatable bonds is 8. The van der Waals surface area contributed by atoms with Crippen molar-refractivity contribution >= 4 is 49.7 Å². The van der Waals surface area contributed by atoms with E-state index in [1.807, 2.05) is 24.8 Å². The van der Waals surface area contributed by atoms with E-state index in [9.17, 15) is 30.5 Å². The number of phenolic OH excluding ortho intramolecular Hbond substituents is 1. The quantitative estimate of drug-likeness (QED) is 0.261. The molecule has 2 aliphatic heterocycles. The fourth-order valence-electron chi connectivity index (χ4n) is 5.64. The molecule has 3 unspecified atom stereocenters.